The number of hydrogen-bond acceptors (Lipinski definition) is 6. The monoisotopic (exact) mass is 601 g/mol. The smallest absolute Gasteiger partial charge is 0.326 e. The summed E-state index contributed by atoms with van der Waals surface area (Å²) in [5, 5.41) is 0. The Kier molecular flexibility index (Phi) is 10.8. The van der Waals surface area contributed by atoms with Crippen molar-refractivity contribution in [3.63, 3.8) is 0 Å². The van der Waals surface area contributed by atoms with Crippen molar-refractivity contribution < 1.29 is 28.5 Å². The van der Waals surface area contributed by atoms with Crippen LogP contribution in [0.1, 0.15) is 34.0 Å². The molecular formula is C38H35NO6. The number of benzene rings is 5. The summed E-state index contributed by atoms with van der Waals surface area (Å²) in [6.07, 6.45) is 0. The summed E-state index contributed by atoms with van der Waals surface area (Å²) in [6, 6.07) is 41.6. The zero-order valence-corrected chi connectivity index (χ0v) is 25.1. The van der Waals surface area contributed by atoms with Gasteiger partial charge in [0.15, 0.2) is 0 Å². The summed E-state index contributed by atoms with van der Waals surface area (Å²) in [4.78, 5) is 27.4. The number of nitrogens with zero attached hydrogens (tertiary/aromatic N) is 1. The van der Waals surface area contributed by atoms with Crippen LogP contribution < -0.4 is 19.1 Å². The van der Waals surface area contributed by atoms with Crippen molar-refractivity contribution in [2.75, 3.05) is 18.1 Å². The minimum absolute atomic E-state index is 0.223. The number of carbonyl (C=O) groups is 2. The predicted molar refractivity (Wildman–Crippen MR) is 174 cm³/mol. The van der Waals surface area contributed by atoms with Gasteiger partial charge in [0.25, 0.3) is 5.91 Å². The SMILES string of the molecule is CCOC(=O)CN(C(=O)c1ccc(OCc2cccc(OCc3ccccc3)c2)cc1)c1ccc(OCc2ccccc2)cc1. The third kappa shape index (κ3) is 9.21. The van der Waals surface area contributed by atoms with E-state index in [1.165, 1.54) is 4.90 Å². The first-order valence-electron chi connectivity index (χ1n) is 14.8. The first-order chi connectivity index (χ1) is 22.1. The van der Waals surface area contributed by atoms with Crippen molar-refractivity contribution >= 4 is 17.6 Å². The van der Waals surface area contributed by atoms with Gasteiger partial charge >= 0.3 is 5.97 Å². The number of rotatable bonds is 14. The predicted octanol–water partition coefficient (Wildman–Crippen LogP) is 7.63. The number of anilines is 1. The summed E-state index contributed by atoms with van der Waals surface area (Å²) in [7, 11) is 0. The topological polar surface area (TPSA) is 74.3 Å². The van der Waals surface area contributed by atoms with Crippen LogP contribution in [0.3, 0.4) is 0 Å². The molecule has 5 rings (SSSR count). The molecule has 0 fully saturated rings. The van der Waals surface area contributed by atoms with E-state index in [1.807, 2.05) is 84.9 Å². The highest BCUT2D eigenvalue weighted by molar-refractivity contribution is 6.08. The highest BCUT2D eigenvalue weighted by atomic mass is 16.5. The van der Waals surface area contributed by atoms with E-state index >= 15 is 0 Å². The third-order valence-corrected chi connectivity index (χ3v) is 6.89. The molecule has 0 radical (unpaired) electrons. The van der Waals surface area contributed by atoms with Crippen molar-refractivity contribution in [1.82, 2.24) is 0 Å². The molecule has 0 spiro atoms. The quantitative estimate of drug-likeness (QED) is 0.122. The Morgan fingerprint density at radius 3 is 1.64 bits per heavy atom. The van der Waals surface area contributed by atoms with E-state index in [0.717, 1.165) is 22.4 Å². The average molecular weight is 602 g/mol. The van der Waals surface area contributed by atoms with Crippen LogP contribution in [-0.2, 0) is 29.4 Å². The average Bonchev–Trinajstić information content (AvgIpc) is 3.09. The van der Waals surface area contributed by atoms with E-state index in [2.05, 4.69) is 0 Å². The minimum atomic E-state index is -0.495. The van der Waals surface area contributed by atoms with Crippen LogP contribution in [0.15, 0.2) is 133 Å². The highest BCUT2D eigenvalue weighted by Gasteiger charge is 2.22. The molecule has 0 saturated carbocycles. The van der Waals surface area contributed by atoms with Crippen molar-refractivity contribution in [3.8, 4) is 17.2 Å². The normalized spacial score (nSPS) is 10.5. The number of amides is 1. The van der Waals surface area contributed by atoms with E-state index < -0.39 is 5.97 Å². The Balaban J connectivity index is 1.21. The zero-order valence-electron chi connectivity index (χ0n) is 25.1. The lowest BCUT2D eigenvalue weighted by molar-refractivity contribution is -0.141. The Morgan fingerprint density at radius 2 is 1.07 bits per heavy atom. The molecular weight excluding hydrogens is 566 g/mol. The number of ether oxygens (including phenoxy) is 4. The molecule has 0 aliphatic carbocycles. The molecule has 7 heteroatoms. The van der Waals surface area contributed by atoms with Gasteiger partial charge in [-0.25, -0.2) is 0 Å². The van der Waals surface area contributed by atoms with E-state index in [-0.39, 0.29) is 19.1 Å². The van der Waals surface area contributed by atoms with Gasteiger partial charge in [-0.15, -0.1) is 0 Å². The summed E-state index contributed by atoms with van der Waals surface area (Å²) < 4.78 is 22.9. The first-order valence-corrected chi connectivity index (χ1v) is 14.8. The molecule has 0 atom stereocenters. The van der Waals surface area contributed by atoms with Gasteiger partial charge in [0.05, 0.1) is 6.61 Å². The molecule has 228 valence electrons. The molecule has 0 N–H and O–H groups in total. The summed E-state index contributed by atoms with van der Waals surface area (Å²) in [5.41, 5.74) is 4.06. The lowest BCUT2D eigenvalue weighted by Crippen LogP contribution is -2.36. The minimum Gasteiger partial charge on any atom is -0.489 e. The molecule has 0 bridgehead atoms. The molecule has 7 nitrogen and oxygen atoms in total. The zero-order chi connectivity index (χ0) is 31.3. The van der Waals surface area contributed by atoms with Crippen LogP contribution >= 0.6 is 0 Å². The second-order valence-electron chi connectivity index (χ2n) is 10.2. The van der Waals surface area contributed by atoms with Crippen LogP contribution in [0.2, 0.25) is 0 Å². The van der Waals surface area contributed by atoms with Crippen LogP contribution in [0.25, 0.3) is 0 Å². The van der Waals surface area contributed by atoms with Crippen LogP contribution in [-0.4, -0.2) is 25.0 Å². The fourth-order valence-electron chi connectivity index (χ4n) is 4.56. The number of carbonyl (C=O) groups excluding carboxylic acids is 2. The van der Waals surface area contributed by atoms with E-state index in [0.29, 0.717) is 42.6 Å². The molecule has 0 heterocycles. The fraction of sp³-hybridized carbons (Fsp3) is 0.158. The molecule has 5 aromatic rings. The van der Waals surface area contributed by atoms with Crippen molar-refractivity contribution in [2.45, 2.75) is 26.7 Å². The second-order valence-corrected chi connectivity index (χ2v) is 10.2. The van der Waals surface area contributed by atoms with Gasteiger partial charge in [-0.05, 0) is 84.3 Å². The number of hydrogen-bond donors (Lipinski definition) is 0. The highest BCUT2D eigenvalue weighted by Crippen LogP contribution is 2.24. The van der Waals surface area contributed by atoms with Gasteiger partial charge in [-0.2, -0.15) is 0 Å². The summed E-state index contributed by atoms with van der Waals surface area (Å²) in [5.74, 6) is 1.19. The van der Waals surface area contributed by atoms with E-state index in [9.17, 15) is 9.59 Å². The maximum atomic E-state index is 13.6. The Hall–Kier alpha value is -5.56. The van der Waals surface area contributed by atoms with E-state index in [1.54, 1.807) is 55.5 Å². The van der Waals surface area contributed by atoms with Crippen LogP contribution in [0.4, 0.5) is 5.69 Å². The molecule has 0 aliphatic heterocycles. The molecule has 0 aromatic heterocycles. The molecule has 0 unspecified atom stereocenters. The van der Waals surface area contributed by atoms with Gasteiger partial charge in [-0.1, -0.05) is 72.8 Å². The first kappa shape index (κ1) is 30.9. The van der Waals surface area contributed by atoms with Gasteiger partial charge in [-0.3, -0.25) is 14.5 Å². The molecule has 45 heavy (non-hydrogen) atoms. The summed E-state index contributed by atoms with van der Waals surface area (Å²) in [6.45, 7) is 2.98. The largest absolute Gasteiger partial charge is 0.489 e. The van der Waals surface area contributed by atoms with Crippen LogP contribution in [0, 0.1) is 0 Å². The maximum absolute atomic E-state index is 13.6. The fourth-order valence-corrected chi connectivity index (χ4v) is 4.56. The van der Waals surface area contributed by atoms with E-state index in [4.69, 9.17) is 18.9 Å². The number of esters is 1. The van der Waals surface area contributed by atoms with Gasteiger partial charge in [0.2, 0.25) is 0 Å². The lowest BCUT2D eigenvalue weighted by atomic mass is 10.1. The van der Waals surface area contributed by atoms with Gasteiger partial charge in [0, 0.05) is 11.3 Å². The van der Waals surface area contributed by atoms with Crippen molar-refractivity contribution in [2.24, 2.45) is 0 Å². The van der Waals surface area contributed by atoms with Gasteiger partial charge in [0.1, 0.15) is 43.6 Å². The Morgan fingerprint density at radius 1 is 0.556 bits per heavy atom. The third-order valence-electron chi connectivity index (χ3n) is 6.89. The standard InChI is InChI=1S/C38H35NO6/c1-2-42-37(40)25-39(33-18-22-35(23-19-33)43-26-29-10-5-3-6-11-29)38(41)32-16-20-34(21-17-32)44-28-31-14-9-15-36(24-31)45-27-30-12-7-4-8-13-30/h3-24H,2,25-28H2,1H3. The lowest BCUT2D eigenvalue weighted by Gasteiger charge is -2.22. The molecule has 0 aliphatic rings. The van der Waals surface area contributed by atoms with Crippen molar-refractivity contribution in [1.29, 1.82) is 0 Å². The maximum Gasteiger partial charge on any atom is 0.326 e. The summed E-state index contributed by atoms with van der Waals surface area (Å²) >= 11 is 0. The van der Waals surface area contributed by atoms with Crippen LogP contribution in [0.5, 0.6) is 17.2 Å². The van der Waals surface area contributed by atoms with Gasteiger partial charge < -0.3 is 18.9 Å². The molecule has 5 aromatic carbocycles. The molecule has 0 saturated heterocycles. The molecule has 1 amide bonds. The Labute approximate surface area is 263 Å². The Bertz CT molecular complexity index is 1660. The second kappa shape index (κ2) is 15.8. The van der Waals surface area contributed by atoms with Crippen molar-refractivity contribution in [3.05, 3.63) is 156 Å².